The SMILES string of the molecule is COc1ccc(C2CN(C(=O)C3CCCC3)CC2C(=O)NCc2ccncc2)c(OC)c1. The molecule has 0 bridgehead atoms. The van der Waals surface area contributed by atoms with E-state index >= 15 is 0 Å². The lowest BCUT2D eigenvalue weighted by Gasteiger charge is -2.21. The van der Waals surface area contributed by atoms with E-state index in [1.165, 1.54) is 0 Å². The third-order valence-corrected chi connectivity index (χ3v) is 6.73. The number of nitrogens with zero attached hydrogens (tertiary/aromatic N) is 2. The van der Waals surface area contributed by atoms with Crippen LogP contribution < -0.4 is 14.8 Å². The summed E-state index contributed by atoms with van der Waals surface area (Å²) in [6, 6.07) is 9.44. The van der Waals surface area contributed by atoms with Gasteiger partial charge in [-0.05, 0) is 36.6 Å². The summed E-state index contributed by atoms with van der Waals surface area (Å²) >= 11 is 0. The van der Waals surface area contributed by atoms with E-state index < -0.39 is 0 Å². The van der Waals surface area contributed by atoms with Gasteiger partial charge in [-0.3, -0.25) is 14.6 Å². The second kappa shape index (κ2) is 10.0. The Morgan fingerprint density at radius 1 is 1.06 bits per heavy atom. The zero-order valence-electron chi connectivity index (χ0n) is 18.8. The number of nitrogens with one attached hydrogen (secondary N) is 1. The van der Waals surface area contributed by atoms with E-state index in [2.05, 4.69) is 10.3 Å². The van der Waals surface area contributed by atoms with Gasteiger partial charge in [0.1, 0.15) is 11.5 Å². The van der Waals surface area contributed by atoms with Crippen LogP contribution in [0.2, 0.25) is 0 Å². The van der Waals surface area contributed by atoms with Crippen LogP contribution in [0.1, 0.15) is 42.7 Å². The fourth-order valence-electron chi connectivity index (χ4n) is 4.94. The van der Waals surface area contributed by atoms with Gasteiger partial charge in [0.05, 0.1) is 20.1 Å². The van der Waals surface area contributed by atoms with Crippen molar-refractivity contribution in [1.29, 1.82) is 0 Å². The molecule has 7 heteroatoms. The molecule has 170 valence electrons. The molecule has 4 rings (SSSR count). The lowest BCUT2D eigenvalue weighted by Crippen LogP contribution is -2.36. The van der Waals surface area contributed by atoms with Crippen molar-refractivity contribution in [3.63, 3.8) is 0 Å². The van der Waals surface area contributed by atoms with Gasteiger partial charge in [-0.15, -0.1) is 0 Å². The Kier molecular flexibility index (Phi) is 6.93. The maximum absolute atomic E-state index is 13.3. The maximum Gasteiger partial charge on any atom is 0.225 e. The first-order valence-corrected chi connectivity index (χ1v) is 11.3. The van der Waals surface area contributed by atoms with Gasteiger partial charge in [-0.1, -0.05) is 18.9 Å². The second-order valence-electron chi connectivity index (χ2n) is 8.62. The standard InChI is InChI=1S/C25H31N3O4/c1-31-19-7-8-20(23(13-19)32-2)21-15-28(25(30)18-5-3-4-6-18)16-22(21)24(29)27-14-17-9-11-26-12-10-17/h7-13,18,21-22H,3-6,14-16H2,1-2H3,(H,27,29). The van der Waals surface area contributed by atoms with Gasteiger partial charge < -0.3 is 19.7 Å². The highest BCUT2D eigenvalue weighted by Gasteiger charge is 2.43. The zero-order chi connectivity index (χ0) is 22.5. The van der Waals surface area contributed by atoms with Crippen LogP contribution in [0.15, 0.2) is 42.7 Å². The van der Waals surface area contributed by atoms with Crippen molar-refractivity contribution in [3.05, 3.63) is 53.9 Å². The van der Waals surface area contributed by atoms with Crippen molar-refractivity contribution in [3.8, 4) is 11.5 Å². The minimum atomic E-state index is -0.343. The third-order valence-electron chi connectivity index (χ3n) is 6.73. The number of aromatic nitrogens is 1. The van der Waals surface area contributed by atoms with Crippen LogP contribution >= 0.6 is 0 Å². The molecule has 2 amide bonds. The Morgan fingerprint density at radius 3 is 2.50 bits per heavy atom. The zero-order valence-corrected chi connectivity index (χ0v) is 18.8. The topological polar surface area (TPSA) is 80.8 Å². The van der Waals surface area contributed by atoms with Gasteiger partial charge in [-0.2, -0.15) is 0 Å². The number of hydrogen-bond donors (Lipinski definition) is 1. The number of rotatable bonds is 7. The molecule has 1 aliphatic carbocycles. The molecule has 2 atom stereocenters. The summed E-state index contributed by atoms with van der Waals surface area (Å²) in [5, 5.41) is 3.06. The minimum Gasteiger partial charge on any atom is -0.497 e. The van der Waals surface area contributed by atoms with E-state index in [0.717, 1.165) is 36.8 Å². The number of pyridine rings is 1. The summed E-state index contributed by atoms with van der Waals surface area (Å²) in [4.78, 5) is 32.4. The molecule has 2 aromatic rings. The van der Waals surface area contributed by atoms with Crippen molar-refractivity contribution in [1.82, 2.24) is 15.2 Å². The van der Waals surface area contributed by atoms with Crippen molar-refractivity contribution in [2.75, 3.05) is 27.3 Å². The van der Waals surface area contributed by atoms with Gasteiger partial charge in [-0.25, -0.2) is 0 Å². The monoisotopic (exact) mass is 437 g/mol. The molecular formula is C25H31N3O4. The highest BCUT2D eigenvalue weighted by atomic mass is 16.5. The average Bonchev–Trinajstić information content (AvgIpc) is 3.53. The van der Waals surface area contributed by atoms with E-state index in [9.17, 15) is 9.59 Å². The van der Waals surface area contributed by atoms with E-state index in [1.54, 1.807) is 26.6 Å². The predicted octanol–water partition coefficient (Wildman–Crippen LogP) is 3.15. The molecule has 2 aliphatic rings. The molecule has 1 saturated heterocycles. The fraction of sp³-hybridized carbons (Fsp3) is 0.480. The molecule has 0 spiro atoms. The number of methoxy groups -OCH3 is 2. The number of ether oxygens (including phenoxy) is 2. The summed E-state index contributed by atoms with van der Waals surface area (Å²) < 4.78 is 11.0. The van der Waals surface area contributed by atoms with Crippen LogP contribution in [-0.4, -0.2) is 49.0 Å². The molecule has 1 saturated carbocycles. The maximum atomic E-state index is 13.3. The molecule has 1 N–H and O–H groups in total. The van der Waals surface area contributed by atoms with Crippen LogP contribution in [0.4, 0.5) is 0 Å². The number of benzene rings is 1. The number of carbonyl (C=O) groups excluding carboxylic acids is 2. The molecule has 1 aromatic carbocycles. The Hall–Kier alpha value is -3.09. The van der Waals surface area contributed by atoms with Crippen LogP contribution in [0, 0.1) is 11.8 Å². The third kappa shape index (κ3) is 4.71. The summed E-state index contributed by atoms with van der Waals surface area (Å²) in [5.74, 6) is 1.11. The number of amides is 2. The quantitative estimate of drug-likeness (QED) is 0.720. The normalized spacial score (nSPS) is 20.9. The van der Waals surface area contributed by atoms with Crippen molar-refractivity contribution < 1.29 is 19.1 Å². The summed E-state index contributed by atoms with van der Waals surface area (Å²) in [7, 11) is 3.23. The molecule has 0 radical (unpaired) electrons. The molecule has 1 aromatic heterocycles. The summed E-state index contributed by atoms with van der Waals surface area (Å²) in [6.07, 6.45) is 7.54. The first-order chi connectivity index (χ1) is 15.6. The largest absolute Gasteiger partial charge is 0.497 e. The predicted molar refractivity (Wildman–Crippen MR) is 120 cm³/mol. The molecular weight excluding hydrogens is 406 g/mol. The highest BCUT2D eigenvalue weighted by molar-refractivity contribution is 5.84. The van der Waals surface area contributed by atoms with Gasteiger partial charge >= 0.3 is 0 Å². The minimum absolute atomic E-state index is 0.0496. The molecule has 2 heterocycles. The van der Waals surface area contributed by atoms with Crippen LogP contribution in [0.5, 0.6) is 11.5 Å². The first kappa shape index (κ1) is 22.1. The molecule has 2 unspecified atom stereocenters. The van der Waals surface area contributed by atoms with E-state index in [0.29, 0.717) is 31.1 Å². The lowest BCUT2D eigenvalue weighted by atomic mass is 9.87. The molecule has 2 fully saturated rings. The summed E-state index contributed by atoms with van der Waals surface area (Å²) in [5.41, 5.74) is 1.92. The van der Waals surface area contributed by atoms with Crippen molar-refractivity contribution in [2.45, 2.75) is 38.1 Å². The van der Waals surface area contributed by atoms with E-state index in [1.807, 2.05) is 35.2 Å². The van der Waals surface area contributed by atoms with Crippen molar-refractivity contribution in [2.24, 2.45) is 11.8 Å². The van der Waals surface area contributed by atoms with Crippen LogP contribution in [0.25, 0.3) is 0 Å². The Labute approximate surface area is 189 Å². The second-order valence-corrected chi connectivity index (χ2v) is 8.62. The van der Waals surface area contributed by atoms with Crippen molar-refractivity contribution >= 4 is 11.8 Å². The van der Waals surface area contributed by atoms with E-state index in [4.69, 9.17) is 9.47 Å². The van der Waals surface area contributed by atoms with Gasteiger partial charge in [0, 0.05) is 55.5 Å². The van der Waals surface area contributed by atoms with Gasteiger partial charge in [0.2, 0.25) is 11.8 Å². The Bertz CT molecular complexity index is 943. The summed E-state index contributed by atoms with van der Waals surface area (Å²) in [6.45, 7) is 1.38. The number of likely N-dealkylation sites (tertiary alicyclic amines) is 1. The Balaban J connectivity index is 1.57. The van der Waals surface area contributed by atoms with Gasteiger partial charge in [0.25, 0.3) is 0 Å². The number of hydrogen-bond acceptors (Lipinski definition) is 5. The number of carbonyl (C=O) groups is 2. The van der Waals surface area contributed by atoms with Crippen LogP contribution in [-0.2, 0) is 16.1 Å². The lowest BCUT2D eigenvalue weighted by molar-refractivity contribution is -0.134. The molecule has 1 aliphatic heterocycles. The first-order valence-electron chi connectivity index (χ1n) is 11.3. The highest BCUT2D eigenvalue weighted by Crippen LogP contribution is 2.40. The van der Waals surface area contributed by atoms with Gasteiger partial charge in [0.15, 0.2) is 0 Å². The molecule has 7 nitrogen and oxygen atoms in total. The smallest absolute Gasteiger partial charge is 0.225 e. The van der Waals surface area contributed by atoms with Crippen LogP contribution in [0.3, 0.4) is 0 Å². The fourth-order valence-corrected chi connectivity index (χ4v) is 4.94. The average molecular weight is 438 g/mol. The van der Waals surface area contributed by atoms with E-state index in [-0.39, 0.29) is 29.6 Å². The molecule has 32 heavy (non-hydrogen) atoms. The Morgan fingerprint density at radius 2 is 1.81 bits per heavy atom.